The minimum absolute atomic E-state index is 0.0546. The Morgan fingerprint density at radius 3 is 2.59 bits per heavy atom. The summed E-state index contributed by atoms with van der Waals surface area (Å²) in [5, 5.41) is 7.01. The molecule has 1 aliphatic heterocycles. The zero-order valence-electron chi connectivity index (χ0n) is 19.5. The summed E-state index contributed by atoms with van der Waals surface area (Å²) in [4.78, 5) is 19.1. The van der Waals surface area contributed by atoms with Gasteiger partial charge < -0.3 is 14.6 Å². The SMILES string of the molecule is COc1ccc(CN2CCC(CNC(=O)CCCc3nc(-c4ccc(F)cc4)no3)CC2)cc1. The van der Waals surface area contributed by atoms with Gasteiger partial charge in [0.25, 0.3) is 0 Å². The molecule has 0 saturated carbocycles. The maximum atomic E-state index is 13.0. The first-order chi connectivity index (χ1) is 16.6. The average molecular weight is 467 g/mol. The van der Waals surface area contributed by atoms with Crippen molar-refractivity contribution in [3.8, 4) is 17.1 Å². The molecular weight excluding hydrogens is 435 g/mol. The van der Waals surface area contributed by atoms with Crippen molar-refractivity contribution in [2.75, 3.05) is 26.7 Å². The number of carbonyl (C=O) groups excluding carboxylic acids is 1. The van der Waals surface area contributed by atoms with Crippen LogP contribution in [0.2, 0.25) is 0 Å². The highest BCUT2D eigenvalue weighted by Crippen LogP contribution is 2.20. The number of halogens is 1. The Labute approximate surface area is 199 Å². The molecule has 7 nitrogen and oxygen atoms in total. The number of ether oxygens (including phenoxy) is 1. The van der Waals surface area contributed by atoms with E-state index in [9.17, 15) is 9.18 Å². The van der Waals surface area contributed by atoms with E-state index in [1.54, 1.807) is 19.2 Å². The van der Waals surface area contributed by atoms with Gasteiger partial charge in [-0.25, -0.2) is 4.39 Å². The largest absolute Gasteiger partial charge is 0.497 e. The van der Waals surface area contributed by atoms with Gasteiger partial charge in [0.05, 0.1) is 7.11 Å². The van der Waals surface area contributed by atoms with Gasteiger partial charge in [0.2, 0.25) is 17.6 Å². The van der Waals surface area contributed by atoms with Crippen molar-refractivity contribution in [3.63, 3.8) is 0 Å². The molecule has 3 aromatic rings. The average Bonchev–Trinajstić information content (AvgIpc) is 3.33. The van der Waals surface area contributed by atoms with Crippen molar-refractivity contribution in [3.05, 3.63) is 65.8 Å². The standard InChI is InChI=1S/C26H31FN4O3/c1-33-23-11-5-20(6-12-23)18-31-15-13-19(14-16-31)17-28-24(32)3-2-4-25-29-26(30-34-25)21-7-9-22(27)10-8-21/h5-12,19H,2-4,13-18H2,1H3,(H,28,32). The summed E-state index contributed by atoms with van der Waals surface area (Å²) in [6.07, 6.45) is 3.77. The van der Waals surface area contributed by atoms with E-state index in [-0.39, 0.29) is 11.7 Å². The van der Waals surface area contributed by atoms with Crippen molar-refractivity contribution in [1.29, 1.82) is 0 Å². The van der Waals surface area contributed by atoms with E-state index in [1.807, 2.05) is 12.1 Å². The van der Waals surface area contributed by atoms with E-state index in [0.717, 1.165) is 44.8 Å². The summed E-state index contributed by atoms with van der Waals surface area (Å²) in [5.74, 6) is 2.06. The number of nitrogens with one attached hydrogen (secondary N) is 1. The zero-order valence-corrected chi connectivity index (χ0v) is 19.5. The van der Waals surface area contributed by atoms with Crippen molar-refractivity contribution in [2.24, 2.45) is 5.92 Å². The third-order valence-electron chi connectivity index (χ3n) is 6.23. The number of likely N-dealkylation sites (tertiary alicyclic amines) is 1. The van der Waals surface area contributed by atoms with Crippen LogP contribution in [0.25, 0.3) is 11.4 Å². The highest BCUT2D eigenvalue weighted by molar-refractivity contribution is 5.75. The van der Waals surface area contributed by atoms with Gasteiger partial charge in [-0.2, -0.15) is 4.98 Å². The van der Waals surface area contributed by atoms with Gasteiger partial charge in [-0.15, -0.1) is 0 Å². The fourth-order valence-electron chi connectivity index (χ4n) is 4.16. The maximum Gasteiger partial charge on any atom is 0.226 e. The van der Waals surface area contributed by atoms with Gasteiger partial charge in [0, 0.05) is 31.5 Å². The monoisotopic (exact) mass is 466 g/mol. The number of amides is 1. The minimum atomic E-state index is -0.308. The van der Waals surface area contributed by atoms with Gasteiger partial charge in [0.1, 0.15) is 11.6 Å². The van der Waals surface area contributed by atoms with Gasteiger partial charge >= 0.3 is 0 Å². The molecule has 1 fully saturated rings. The maximum absolute atomic E-state index is 13.0. The molecule has 1 aromatic heterocycles. The summed E-state index contributed by atoms with van der Waals surface area (Å²) in [7, 11) is 1.68. The van der Waals surface area contributed by atoms with E-state index in [4.69, 9.17) is 9.26 Å². The van der Waals surface area contributed by atoms with E-state index in [0.29, 0.717) is 42.5 Å². The van der Waals surface area contributed by atoms with Crippen LogP contribution in [-0.4, -0.2) is 47.7 Å². The molecule has 34 heavy (non-hydrogen) atoms. The predicted molar refractivity (Wildman–Crippen MR) is 127 cm³/mol. The second kappa shape index (κ2) is 11.7. The molecule has 1 aliphatic rings. The molecule has 0 radical (unpaired) electrons. The van der Waals surface area contributed by atoms with Crippen molar-refractivity contribution in [1.82, 2.24) is 20.4 Å². The summed E-state index contributed by atoms with van der Waals surface area (Å²) >= 11 is 0. The van der Waals surface area contributed by atoms with Gasteiger partial charge in [-0.1, -0.05) is 17.3 Å². The van der Waals surface area contributed by atoms with Crippen molar-refractivity contribution in [2.45, 2.75) is 38.6 Å². The highest BCUT2D eigenvalue weighted by atomic mass is 19.1. The van der Waals surface area contributed by atoms with Crippen LogP contribution in [0.1, 0.15) is 37.1 Å². The Hall–Kier alpha value is -3.26. The van der Waals surface area contributed by atoms with Gasteiger partial charge in [0.15, 0.2) is 0 Å². The summed E-state index contributed by atoms with van der Waals surface area (Å²) in [6.45, 7) is 3.76. The fraction of sp³-hybridized carbons (Fsp3) is 0.423. The number of aromatic nitrogens is 2. The molecule has 4 rings (SSSR count). The molecule has 2 heterocycles. The molecule has 0 unspecified atom stereocenters. The minimum Gasteiger partial charge on any atom is -0.497 e. The van der Waals surface area contributed by atoms with Crippen LogP contribution < -0.4 is 10.1 Å². The van der Waals surface area contributed by atoms with Crippen LogP contribution in [0, 0.1) is 11.7 Å². The smallest absolute Gasteiger partial charge is 0.226 e. The first-order valence-electron chi connectivity index (χ1n) is 11.8. The number of aryl methyl sites for hydroxylation is 1. The second-order valence-electron chi connectivity index (χ2n) is 8.74. The molecule has 0 bridgehead atoms. The Morgan fingerprint density at radius 2 is 1.88 bits per heavy atom. The Kier molecular flexibility index (Phi) is 8.25. The predicted octanol–water partition coefficient (Wildman–Crippen LogP) is 4.24. The Balaban J connectivity index is 1.10. The lowest BCUT2D eigenvalue weighted by Crippen LogP contribution is -2.38. The lowest BCUT2D eigenvalue weighted by atomic mass is 9.96. The molecule has 8 heteroatoms. The molecule has 2 aromatic carbocycles. The van der Waals surface area contributed by atoms with E-state index in [2.05, 4.69) is 32.5 Å². The van der Waals surface area contributed by atoms with Crippen molar-refractivity contribution < 1.29 is 18.4 Å². The molecule has 1 amide bonds. The number of rotatable bonds is 10. The molecule has 180 valence electrons. The zero-order chi connectivity index (χ0) is 23.8. The van der Waals surface area contributed by atoms with Crippen LogP contribution in [0.15, 0.2) is 53.1 Å². The number of benzene rings is 2. The van der Waals surface area contributed by atoms with Gasteiger partial charge in [-0.3, -0.25) is 9.69 Å². The Bertz CT molecular complexity index is 1040. The van der Waals surface area contributed by atoms with E-state index < -0.39 is 0 Å². The summed E-state index contributed by atoms with van der Waals surface area (Å²) in [6, 6.07) is 14.2. The number of methoxy groups -OCH3 is 1. The molecule has 1 saturated heterocycles. The third-order valence-corrected chi connectivity index (χ3v) is 6.23. The van der Waals surface area contributed by atoms with Crippen LogP contribution in [0.3, 0.4) is 0 Å². The van der Waals surface area contributed by atoms with E-state index in [1.165, 1.54) is 17.7 Å². The van der Waals surface area contributed by atoms with Crippen LogP contribution in [-0.2, 0) is 17.8 Å². The van der Waals surface area contributed by atoms with Crippen LogP contribution in [0.4, 0.5) is 4.39 Å². The molecular formula is C26H31FN4O3. The van der Waals surface area contributed by atoms with Crippen molar-refractivity contribution >= 4 is 5.91 Å². The molecule has 0 aliphatic carbocycles. The lowest BCUT2D eigenvalue weighted by Gasteiger charge is -2.32. The number of carbonyl (C=O) groups is 1. The number of hydrogen-bond acceptors (Lipinski definition) is 6. The quantitative estimate of drug-likeness (QED) is 0.482. The number of nitrogens with zero attached hydrogens (tertiary/aromatic N) is 3. The normalized spacial score (nSPS) is 14.8. The van der Waals surface area contributed by atoms with Crippen LogP contribution >= 0.6 is 0 Å². The third kappa shape index (κ3) is 6.87. The Morgan fingerprint density at radius 1 is 1.15 bits per heavy atom. The second-order valence-corrected chi connectivity index (χ2v) is 8.74. The van der Waals surface area contributed by atoms with Crippen LogP contribution in [0.5, 0.6) is 5.75 Å². The van der Waals surface area contributed by atoms with Gasteiger partial charge in [-0.05, 0) is 80.2 Å². The highest BCUT2D eigenvalue weighted by Gasteiger charge is 2.20. The lowest BCUT2D eigenvalue weighted by molar-refractivity contribution is -0.121. The molecule has 1 N–H and O–H groups in total. The molecule has 0 spiro atoms. The number of hydrogen-bond donors (Lipinski definition) is 1. The molecule has 0 atom stereocenters. The fourth-order valence-corrected chi connectivity index (χ4v) is 4.16. The summed E-state index contributed by atoms with van der Waals surface area (Å²) < 4.78 is 23.5. The summed E-state index contributed by atoms with van der Waals surface area (Å²) in [5.41, 5.74) is 1.99. The first kappa shape index (κ1) is 23.9. The van der Waals surface area contributed by atoms with E-state index >= 15 is 0 Å². The number of piperidine rings is 1. The first-order valence-corrected chi connectivity index (χ1v) is 11.8. The topological polar surface area (TPSA) is 80.5 Å².